The third kappa shape index (κ3) is 4.49. The van der Waals surface area contributed by atoms with Crippen LogP contribution < -0.4 is 14.8 Å². The highest BCUT2D eigenvalue weighted by Gasteiger charge is 2.16. The van der Waals surface area contributed by atoms with E-state index in [4.69, 9.17) is 14.6 Å². The van der Waals surface area contributed by atoms with Crippen LogP contribution in [-0.2, 0) is 4.79 Å². The van der Waals surface area contributed by atoms with Gasteiger partial charge in [0.1, 0.15) is 19.3 Å². The number of carboxylic acid groups (broad SMARTS) is 1. The molecule has 0 radical (unpaired) electrons. The minimum absolute atomic E-state index is 0.544. The van der Waals surface area contributed by atoms with E-state index in [-0.39, 0.29) is 0 Å². The van der Waals surface area contributed by atoms with E-state index in [1.807, 2.05) is 54.6 Å². The zero-order valence-corrected chi connectivity index (χ0v) is 20.5. The van der Waals surface area contributed by atoms with Gasteiger partial charge in [0.15, 0.2) is 17.3 Å². The van der Waals surface area contributed by atoms with Crippen molar-refractivity contribution in [2.75, 3.05) is 18.5 Å². The van der Waals surface area contributed by atoms with E-state index in [0.29, 0.717) is 13.2 Å². The summed E-state index contributed by atoms with van der Waals surface area (Å²) in [6, 6.07) is 17.0. The Balaban J connectivity index is 1.41. The van der Waals surface area contributed by atoms with Gasteiger partial charge < -0.3 is 19.9 Å². The molecule has 2 heterocycles. The van der Waals surface area contributed by atoms with Crippen molar-refractivity contribution in [1.82, 2.24) is 4.37 Å². The maximum atomic E-state index is 11.0. The first-order chi connectivity index (χ1) is 16.5. The van der Waals surface area contributed by atoms with Crippen LogP contribution in [0.5, 0.6) is 11.5 Å². The number of ether oxygens (including phenoxy) is 2. The molecular formula is C25H20BrN3O4S. The van der Waals surface area contributed by atoms with Gasteiger partial charge in [-0.15, -0.1) is 0 Å². The smallest absolute Gasteiger partial charge is 0.328 e. The average molecular weight is 538 g/mol. The largest absolute Gasteiger partial charge is 0.486 e. The van der Waals surface area contributed by atoms with Crippen LogP contribution in [0.3, 0.4) is 0 Å². The van der Waals surface area contributed by atoms with Crippen LogP contribution in [0.25, 0.3) is 21.2 Å². The van der Waals surface area contributed by atoms with Crippen molar-refractivity contribution in [2.24, 2.45) is 4.99 Å². The molecule has 9 heteroatoms. The maximum Gasteiger partial charge on any atom is 0.328 e. The van der Waals surface area contributed by atoms with Crippen LogP contribution in [-0.4, -0.2) is 40.9 Å². The molecule has 172 valence electrons. The number of anilines is 2. The molecule has 0 fully saturated rings. The van der Waals surface area contributed by atoms with Crippen LogP contribution >= 0.6 is 27.5 Å². The fraction of sp³-hybridized carbons (Fsp3) is 0.160. The number of hydrogen-bond donors (Lipinski definition) is 2. The summed E-state index contributed by atoms with van der Waals surface area (Å²) >= 11 is 5.13. The van der Waals surface area contributed by atoms with Gasteiger partial charge in [-0.2, -0.15) is 4.37 Å². The van der Waals surface area contributed by atoms with Crippen molar-refractivity contribution < 1.29 is 19.4 Å². The second-order valence-corrected chi connectivity index (χ2v) is 9.33. The van der Waals surface area contributed by atoms with E-state index in [9.17, 15) is 4.79 Å². The van der Waals surface area contributed by atoms with E-state index < -0.39 is 12.0 Å². The molecular weight excluding hydrogens is 518 g/mol. The number of nitrogens with zero attached hydrogens (tertiary/aromatic N) is 2. The Kier molecular flexibility index (Phi) is 6.21. The van der Waals surface area contributed by atoms with E-state index in [0.717, 1.165) is 54.3 Å². The summed E-state index contributed by atoms with van der Waals surface area (Å²) in [6.07, 6.45) is 1.58. The molecule has 3 aromatic carbocycles. The number of aromatic nitrogens is 1. The number of carboxylic acids is 1. The highest BCUT2D eigenvalue weighted by molar-refractivity contribution is 9.10. The third-order valence-electron chi connectivity index (χ3n) is 5.41. The SMILES string of the molecule is CC(N=Cc1ccc2c(Nc3cccc(-c4ccc5c(c4)OCCO5)c3Br)nsc2c1)C(=O)O. The standard InChI is InChI=1S/C25H20BrN3O4S/c1-14(25(30)31)27-13-15-5-7-18-22(11-15)34-29-24(18)28-19-4-2-3-17(23(19)26)16-6-8-20-21(12-16)33-10-9-32-20/h2-8,11-14H,9-10H2,1H3,(H,28,29)(H,30,31). The third-order valence-corrected chi connectivity index (χ3v) is 7.07. The molecule has 1 aliphatic heterocycles. The normalized spacial score (nSPS) is 13.8. The lowest BCUT2D eigenvalue weighted by molar-refractivity contribution is -0.137. The molecule has 1 aliphatic rings. The van der Waals surface area contributed by atoms with Gasteiger partial charge in [-0.3, -0.25) is 4.99 Å². The number of aliphatic imine (C=N–C) groups is 1. The predicted molar refractivity (Wildman–Crippen MR) is 138 cm³/mol. The zero-order chi connectivity index (χ0) is 23.7. The summed E-state index contributed by atoms with van der Waals surface area (Å²) in [6.45, 7) is 2.65. The Morgan fingerprint density at radius 3 is 2.82 bits per heavy atom. The van der Waals surface area contributed by atoms with Crippen molar-refractivity contribution in [3.05, 3.63) is 64.6 Å². The fourth-order valence-corrected chi connectivity index (χ4v) is 4.95. The maximum absolute atomic E-state index is 11.0. The molecule has 34 heavy (non-hydrogen) atoms. The van der Waals surface area contributed by atoms with E-state index >= 15 is 0 Å². The van der Waals surface area contributed by atoms with Gasteiger partial charge in [-0.05, 0) is 81.4 Å². The Morgan fingerprint density at radius 1 is 1.18 bits per heavy atom. The van der Waals surface area contributed by atoms with Crippen LogP contribution in [0.4, 0.5) is 11.5 Å². The number of rotatable bonds is 6. The quantitative estimate of drug-likeness (QED) is 0.287. The van der Waals surface area contributed by atoms with Crippen molar-refractivity contribution in [3.8, 4) is 22.6 Å². The molecule has 7 nitrogen and oxygen atoms in total. The highest BCUT2D eigenvalue weighted by atomic mass is 79.9. The Labute approximate surface area is 208 Å². The van der Waals surface area contributed by atoms with E-state index in [2.05, 4.69) is 30.6 Å². The van der Waals surface area contributed by atoms with Gasteiger partial charge in [0.2, 0.25) is 0 Å². The van der Waals surface area contributed by atoms with Crippen molar-refractivity contribution in [1.29, 1.82) is 0 Å². The Morgan fingerprint density at radius 2 is 2.00 bits per heavy atom. The molecule has 0 saturated heterocycles. The molecule has 4 aromatic rings. The van der Waals surface area contributed by atoms with Gasteiger partial charge in [0.25, 0.3) is 0 Å². The van der Waals surface area contributed by atoms with Crippen molar-refractivity contribution in [3.63, 3.8) is 0 Å². The lowest BCUT2D eigenvalue weighted by Gasteiger charge is -2.19. The van der Waals surface area contributed by atoms with Gasteiger partial charge >= 0.3 is 5.97 Å². The minimum Gasteiger partial charge on any atom is -0.486 e. The number of aliphatic carboxylic acids is 1. The topological polar surface area (TPSA) is 93.0 Å². The average Bonchev–Trinajstić information content (AvgIpc) is 3.25. The molecule has 0 aliphatic carbocycles. The number of benzene rings is 3. The van der Waals surface area contributed by atoms with E-state index in [1.54, 1.807) is 13.1 Å². The first kappa shape index (κ1) is 22.4. The van der Waals surface area contributed by atoms with Crippen LogP contribution in [0.15, 0.2) is 64.1 Å². The van der Waals surface area contributed by atoms with Gasteiger partial charge in [-0.25, -0.2) is 4.79 Å². The van der Waals surface area contributed by atoms with Crippen LogP contribution in [0.2, 0.25) is 0 Å². The number of carbonyl (C=O) groups is 1. The molecule has 2 N–H and O–H groups in total. The number of halogens is 1. The summed E-state index contributed by atoms with van der Waals surface area (Å²) in [7, 11) is 0. The molecule has 0 saturated carbocycles. The van der Waals surface area contributed by atoms with E-state index in [1.165, 1.54) is 11.5 Å². The molecule has 0 spiro atoms. The fourth-order valence-electron chi connectivity index (χ4n) is 3.58. The lowest BCUT2D eigenvalue weighted by atomic mass is 10.0. The van der Waals surface area contributed by atoms with Crippen molar-refractivity contribution in [2.45, 2.75) is 13.0 Å². The van der Waals surface area contributed by atoms with Gasteiger partial charge in [0.05, 0.1) is 10.4 Å². The number of fused-ring (bicyclic) bond motifs is 2. The molecule has 0 bridgehead atoms. The summed E-state index contributed by atoms with van der Waals surface area (Å²) < 4.78 is 17.9. The lowest BCUT2D eigenvalue weighted by Crippen LogP contribution is -2.15. The molecule has 0 amide bonds. The summed E-state index contributed by atoms with van der Waals surface area (Å²) in [4.78, 5) is 15.0. The van der Waals surface area contributed by atoms with Gasteiger partial charge in [0, 0.05) is 16.1 Å². The monoisotopic (exact) mass is 537 g/mol. The number of nitrogens with one attached hydrogen (secondary N) is 1. The molecule has 1 unspecified atom stereocenters. The molecule has 5 rings (SSSR count). The second kappa shape index (κ2) is 9.44. The summed E-state index contributed by atoms with van der Waals surface area (Å²) in [5.41, 5.74) is 3.76. The highest BCUT2D eigenvalue weighted by Crippen LogP contribution is 2.40. The second-order valence-electron chi connectivity index (χ2n) is 7.73. The Bertz CT molecular complexity index is 1420. The van der Waals surface area contributed by atoms with Crippen LogP contribution in [0, 0.1) is 0 Å². The molecule has 1 atom stereocenters. The first-order valence-electron chi connectivity index (χ1n) is 10.6. The first-order valence-corrected chi connectivity index (χ1v) is 12.2. The minimum atomic E-state index is -0.953. The van der Waals surface area contributed by atoms with Gasteiger partial charge in [-0.1, -0.05) is 24.3 Å². The Hall–Kier alpha value is -3.43. The number of hydrogen-bond acceptors (Lipinski definition) is 7. The molecule has 1 aromatic heterocycles. The predicted octanol–water partition coefficient (Wildman–Crippen LogP) is 6.13. The summed E-state index contributed by atoms with van der Waals surface area (Å²) in [5, 5.41) is 13.4. The van der Waals surface area contributed by atoms with Crippen LogP contribution in [0.1, 0.15) is 12.5 Å². The zero-order valence-electron chi connectivity index (χ0n) is 18.1. The summed E-state index contributed by atoms with van der Waals surface area (Å²) in [5.74, 6) is 1.31. The van der Waals surface area contributed by atoms with Crippen molar-refractivity contribution >= 4 is 61.2 Å².